The molecule has 0 unspecified atom stereocenters. The van der Waals surface area contributed by atoms with E-state index in [1.165, 1.54) is 11.3 Å². The number of carbonyl (C=O) groups is 1. The first-order valence-corrected chi connectivity index (χ1v) is 19.4. The summed E-state index contributed by atoms with van der Waals surface area (Å²) < 4.78 is 5.77. The smallest absolute Gasteiger partial charge is 0.255 e. The van der Waals surface area contributed by atoms with Crippen molar-refractivity contribution in [3.63, 3.8) is 0 Å². The molecule has 51 heavy (non-hydrogen) atoms. The molecule has 0 aliphatic carbocycles. The van der Waals surface area contributed by atoms with Crippen LogP contribution in [0.25, 0.3) is 0 Å². The Hall–Kier alpha value is -4.44. The first-order valence-electron chi connectivity index (χ1n) is 18.6. The number of aromatic nitrogens is 1. The topological polar surface area (TPSA) is 104 Å². The average Bonchev–Trinajstić information content (AvgIpc) is 3.58. The highest BCUT2D eigenvalue weighted by atomic mass is 32.1. The number of azo groups is 2. The number of thiazole rings is 1. The fourth-order valence-corrected chi connectivity index (χ4v) is 6.51. The lowest BCUT2D eigenvalue weighted by atomic mass is 9.99. The van der Waals surface area contributed by atoms with Gasteiger partial charge in [0, 0.05) is 24.3 Å². The second-order valence-corrected chi connectivity index (χ2v) is 14.2. The Morgan fingerprint density at radius 1 is 0.824 bits per heavy atom. The van der Waals surface area contributed by atoms with Crippen LogP contribution in [0.15, 0.2) is 93.3 Å². The fraction of sp³-hybridized carbons (Fsp3) is 0.463. The predicted octanol–water partition coefficient (Wildman–Crippen LogP) is 13.2. The van der Waals surface area contributed by atoms with Gasteiger partial charge in [-0.3, -0.25) is 4.79 Å². The minimum absolute atomic E-state index is 0.115. The summed E-state index contributed by atoms with van der Waals surface area (Å²) in [5.74, 6) is 1.90. The van der Waals surface area contributed by atoms with Crippen molar-refractivity contribution in [3.8, 4) is 5.75 Å². The molecule has 1 heterocycles. The van der Waals surface area contributed by atoms with E-state index in [0.29, 0.717) is 45.5 Å². The second-order valence-electron chi connectivity index (χ2n) is 13.2. The third-order valence-electron chi connectivity index (χ3n) is 9.17. The van der Waals surface area contributed by atoms with Crippen LogP contribution in [0.1, 0.15) is 109 Å². The minimum Gasteiger partial charge on any atom is -0.494 e. The van der Waals surface area contributed by atoms with Gasteiger partial charge >= 0.3 is 0 Å². The van der Waals surface area contributed by atoms with Crippen molar-refractivity contribution in [1.82, 2.24) is 4.98 Å². The number of ether oxygens (including phenoxy) is 1. The molecule has 9 nitrogen and oxygen atoms in total. The molecule has 1 aromatic heterocycles. The molecule has 0 saturated heterocycles. The van der Waals surface area contributed by atoms with Crippen molar-refractivity contribution in [1.29, 1.82) is 0 Å². The van der Waals surface area contributed by atoms with Crippen LogP contribution >= 0.6 is 11.3 Å². The Morgan fingerprint density at radius 3 is 2.10 bits per heavy atom. The average molecular weight is 710 g/mol. The molecule has 3 aromatic carbocycles. The standard InChI is InChI=1S/C41H55N7O2S/c1-8-13-25-50-35-22-19-33(20-23-35)44-46-40-38(29(6)7)43-41(51-40)47-45-36-24-21-34(26-37(36)42-39(49)32-17-15-14-16-18-32)48(27-30(9-2)10-3)28-31(11-4)12-5/h14-24,26,29-31H,8-13,25,27-28H2,1-7H3,(H,42,49). The summed E-state index contributed by atoms with van der Waals surface area (Å²) in [4.78, 5) is 20.7. The summed E-state index contributed by atoms with van der Waals surface area (Å²) in [5.41, 5.74) is 4.34. The lowest BCUT2D eigenvalue weighted by Crippen LogP contribution is -2.33. The lowest BCUT2D eigenvalue weighted by Gasteiger charge is -2.32. The zero-order valence-corrected chi connectivity index (χ0v) is 32.2. The Balaban J connectivity index is 1.64. The molecule has 0 aliphatic heterocycles. The molecule has 0 saturated carbocycles. The number of nitrogens with zero attached hydrogens (tertiary/aromatic N) is 6. The van der Waals surface area contributed by atoms with Crippen LogP contribution in [-0.4, -0.2) is 30.6 Å². The van der Waals surface area contributed by atoms with Crippen molar-refractivity contribution in [2.24, 2.45) is 32.3 Å². The second kappa shape index (κ2) is 20.4. The number of rotatable bonds is 20. The van der Waals surface area contributed by atoms with Crippen LogP contribution in [-0.2, 0) is 0 Å². The maximum absolute atomic E-state index is 13.4. The van der Waals surface area contributed by atoms with Gasteiger partial charge in [-0.1, -0.05) is 110 Å². The van der Waals surface area contributed by atoms with Gasteiger partial charge in [-0.15, -0.1) is 20.5 Å². The number of carbonyl (C=O) groups excluding carboxylic acids is 1. The Morgan fingerprint density at radius 2 is 1.49 bits per heavy atom. The molecule has 0 fully saturated rings. The third kappa shape index (κ3) is 11.8. The molecule has 0 aliphatic rings. The van der Waals surface area contributed by atoms with Gasteiger partial charge in [0.2, 0.25) is 5.13 Å². The highest BCUT2D eigenvalue weighted by Crippen LogP contribution is 2.40. The molecule has 0 radical (unpaired) electrons. The number of benzene rings is 3. The highest BCUT2D eigenvalue weighted by Gasteiger charge is 2.19. The SMILES string of the molecule is CCCCOc1ccc(N=Nc2sc(N=Nc3ccc(N(CC(CC)CC)CC(CC)CC)cc3NC(=O)c3ccccc3)nc2C(C)C)cc1. The Labute approximate surface area is 308 Å². The van der Waals surface area contributed by atoms with Crippen LogP contribution < -0.4 is 15.0 Å². The monoisotopic (exact) mass is 709 g/mol. The molecule has 4 aromatic rings. The summed E-state index contributed by atoms with van der Waals surface area (Å²) in [6.45, 7) is 18.0. The van der Waals surface area contributed by atoms with E-state index < -0.39 is 0 Å². The van der Waals surface area contributed by atoms with Crippen LogP contribution in [0, 0.1) is 11.8 Å². The highest BCUT2D eigenvalue weighted by molar-refractivity contribution is 7.19. The molecule has 4 rings (SSSR count). The van der Waals surface area contributed by atoms with Gasteiger partial charge in [0.25, 0.3) is 5.91 Å². The van der Waals surface area contributed by atoms with Gasteiger partial charge in [-0.25, -0.2) is 4.98 Å². The number of hydrogen-bond acceptors (Lipinski definition) is 9. The van der Waals surface area contributed by atoms with Crippen LogP contribution in [0.3, 0.4) is 0 Å². The van der Waals surface area contributed by atoms with Crippen LogP contribution in [0.2, 0.25) is 0 Å². The van der Waals surface area contributed by atoms with Gasteiger partial charge < -0.3 is 15.0 Å². The Bertz CT molecular complexity index is 1680. The van der Waals surface area contributed by atoms with E-state index in [-0.39, 0.29) is 11.8 Å². The maximum Gasteiger partial charge on any atom is 0.255 e. The van der Waals surface area contributed by atoms with Crippen molar-refractivity contribution in [2.45, 2.75) is 92.9 Å². The first kappa shape index (κ1) is 39.3. The summed E-state index contributed by atoms with van der Waals surface area (Å²) >= 11 is 1.34. The lowest BCUT2D eigenvalue weighted by molar-refractivity contribution is 0.102. The molecule has 0 bridgehead atoms. The van der Waals surface area contributed by atoms with Crippen LogP contribution in [0.5, 0.6) is 5.75 Å². The van der Waals surface area contributed by atoms with E-state index in [2.05, 4.69) is 85.2 Å². The van der Waals surface area contributed by atoms with E-state index in [4.69, 9.17) is 9.72 Å². The molecular formula is C41H55N7O2S. The summed E-state index contributed by atoms with van der Waals surface area (Å²) in [6.07, 6.45) is 6.59. The maximum atomic E-state index is 13.4. The van der Waals surface area contributed by atoms with Gasteiger partial charge in [0.1, 0.15) is 11.4 Å². The van der Waals surface area contributed by atoms with Gasteiger partial charge in [0.05, 0.1) is 23.7 Å². The first-order chi connectivity index (χ1) is 24.8. The molecule has 1 amide bonds. The van der Waals surface area contributed by atoms with Crippen molar-refractivity contribution < 1.29 is 9.53 Å². The van der Waals surface area contributed by atoms with Gasteiger partial charge in [-0.05, 0) is 78.8 Å². The Kier molecular flexibility index (Phi) is 15.8. The van der Waals surface area contributed by atoms with Gasteiger partial charge in [0.15, 0.2) is 5.00 Å². The molecule has 0 spiro atoms. The van der Waals surface area contributed by atoms with E-state index in [9.17, 15) is 4.79 Å². The number of anilines is 2. The minimum atomic E-state index is -0.199. The van der Waals surface area contributed by atoms with E-state index in [1.807, 2.05) is 66.7 Å². The number of amides is 1. The fourth-order valence-electron chi connectivity index (χ4n) is 5.64. The van der Waals surface area contributed by atoms with E-state index in [0.717, 1.165) is 74.4 Å². The van der Waals surface area contributed by atoms with E-state index in [1.54, 1.807) is 0 Å². The normalized spacial score (nSPS) is 11.8. The van der Waals surface area contributed by atoms with Crippen molar-refractivity contribution in [2.75, 3.05) is 29.9 Å². The zero-order valence-electron chi connectivity index (χ0n) is 31.4. The number of unbranched alkanes of at least 4 members (excludes halogenated alkanes) is 1. The quantitative estimate of drug-likeness (QED) is 0.0728. The molecule has 1 N–H and O–H groups in total. The van der Waals surface area contributed by atoms with Crippen molar-refractivity contribution in [3.05, 3.63) is 84.1 Å². The predicted molar refractivity (Wildman–Crippen MR) is 213 cm³/mol. The molecule has 0 atom stereocenters. The molecular weight excluding hydrogens is 655 g/mol. The molecule has 10 heteroatoms. The number of nitrogens with one attached hydrogen (secondary N) is 1. The molecule has 272 valence electrons. The van der Waals surface area contributed by atoms with E-state index >= 15 is 0 Å². The summed E-state index contributed by atoms with van der Waals surface area (Å²) in [6, 6.07) is 22.9. The summed E-state index contributed by atoms with van der Waals surface area (Å²) in [7, 11) is 0. The van der Waals surface area contributed by atoms with Crippen molar-refractivity contribution >= 4 is 50.1 Å². The number of hydrogen-bond donors (Lipinski definition) is 1. The van der Waals surface area contributed by atoms with Crippen LogP contribution in [0.4, 0.5) is 32.9 Å². The van der Waals surface area contributed by atoms with Gasteiger partial charge in [-0.2, -0.15) is 0 Å². The largest absolute Gasteiger partial charge is 0.494 e. The zero-order chi connectivity index (χ0) is 36.6. The summed E-state index contributed by atoms with van der Waals surface area (Å²) in [5, 5.41) is 22.5. The third-order valence-corrected chi connectivity index (χ3v) is 10.0.